The first-order valence-corrected chi connectivity index (χ1v) is 6.66. The number of nitrogens with zero attached hydrogens (tertiary/aromatic N) is 3. The molecule has 0 fully saturated rings. The number of hydrogen-bond acceptors (Lipinski definition) is 7. The summed E-state index contributed by atoms with van der Waals surface area (Å²) in [7, 11) is 3.14. The maximum absolute atomic E-state index is 11.6. The summed E-state index contributed by atoms with van der Waals surface area (Å²) in [4.78, 5) is 24.9. The van der Waals surface area contributed by atoms with Gasteiger partial charge < -0.3 is 19.4 Å². The molecule has 1 aromatic carbocycles. The largest absolute Gasteiger partial charge is 0.493 e. The average Bonchev–Trinajstić information content (AvgIpc) is 2.99. The number of fused-ring (bicyclic) bond motifs is 1. The molecule has 0 radical (unpaired) electrons. The third-order valence-corrected chi connectivity index (χ3v) is 3.09. The van der Waals surface area contributed by atoms with Crippen LogP contribution in [0.4, 0.5) is 5.95 Å². The number of rotatable bonds is 5. The van der Waals surface area contributed by atoms with Crippen LogP contribution in [0.25, 0.3) is 11.2 Å². The topological polar surface area (TPSA) is 117 Å². The van der Waals surface area contributed by atoms with Gasteiger partial charge in [0.15, 0.2) is 22.7 Å². The van der Waals surface area contributed by atoms with Gasteiger partial charge in [0.25, 0.3) is 5.56 Å². The zero-order valence-electron chi connectivity index (χ0n) is 12.5. The number of hydrogen-bond donors (Lipinski definition) is 3. The lowest BCUT2D eigenvalue weighted by atomic mass is 10.2. The summed E-state index contributed by atoms with van der Waals surface area (Å²) in [5.41, 5.74) is 3.83. The summed E-state index contributed by atoms with van der Waals surface area (Å²) in [6.45, 7) is 0. The van der Waals surface area contributed by atoms with E-state index >= 15 is 0 Å². The van der Waals surface area contributed by atoms with E-state index in [2.05, 4.69) is 30.5 Å². The Bertz CT molecular complexity index is 914. The smallest absolute Gasteiger partial charge is 0.276 e. The van der Waals surface area contributed by atoms with Gasteiger partial charge in [0.2, 0.25) is 5.95 Å². The molecule has 0 saturated carbocycles. The van der Waals surface area contributed by atoms with Crippen LogP contribution < -0.4 is 20.5 Å². The highest BCUT2D eigenvalue weighted by molar-refractivity contribution is 5.81. The third-order valence-electron chi connectivity index (χ3n) is 3.09. The lowest BCUT2D eigenvalue weighted by Crippen LogP contribution is -2.05. The Morgan fingerprint density at radius 3 is 2.83 bits per heavy atom. The van der Waals surface area contributed by atoms with E-state index in [-0.39, 0.29) is 11.1 Å². The maximum atomic E-state index is 11.6. The summed E-state index contributed by atoms with van der Waals surface area (Å²) in [5.74, 6) is 1.57. The number of anilines is 1. The molecule has 9 nitrogen and oxygen atoms in total. The van der Waals surface area contributed by atoms with E-state index in [1.807, 2.05) is 6.07 Å². The Kier molecular flexibility index (Phi) is 3.91. The Balaban J connectivity index is 1.77. The molecule has 3 rings (SSSR count). The Morgan fingerprint density at radius 2 is 2.09 bits per heavy atom. The zero-order valence-corrected chi connectivity index (χ0v) is 12.5. The standard InChI is InChI=1S/C14H14N6O3/c1-22-9-4-3-8(5-10(9)23-2)6-17-20-14-18-11-12(19-14)15-7-16-13(11)21/h3-7H,1-2H3,(H3,15,16,18,19,20,21)/b17-6-. The molecule has 118 valence electrons. The van der Waals surface area contributed by atoms with Gasteiger partial charge in [-0.1, -0.05) is 0 Å². The van der Waals surface area contributed by atoms with Gasteiger partial charge in [0, 0.05) is 0 Å². The number of aromatic amines is 2. The van der Waals surface area contributed by atoms with Crippen molar-refractivity contribution in [3.05, 3.63) is 40.4 Å². The molecular weight excluding hydrogens is 300 g/mol. The molecule has 0 amide bonds. The van der Waals surface area contributed by atoms with E-state index in [1.54, 1.807) is 32.6 Å². The molecule has 0 bridgehead atoms. The number of aromatic nitrogens is 4. The van der Waals surface area contributed by atoms with Crippen molar-refractivity contribution in [2.45, 2.75) is 0 Å². The van der Waals surface area contributed by atoms with Crippen LogP contribution in [0.15, 0.2) is 34.4 Å². The fourth-order valence-electron chi connectivity index (χ4n) is 1.99. The second-order valence-electron chi connectivity index (χ2n) is 4.50. The van der Waals surface area contributed by atoms with Crippen LogP contribution in [0.3, 0.4) is 0 Å². The van der Waals surface area contributed by atoms with Gasteiger partial charge in [-0.3, -0.25) is 4.79 Å². The predicted molar refractivity (Wildman–Crippen MR) is 85.3 cm³/mol. The fourth-order valence-corrected chi connectivity index (χ4v) is 1.99. The monoisotopic (exact) mass is 314 g/mol. The van der Waals surface area contributed by atoms with Crippen LogP contribution >= 0.6 is 0 Å². The number of hydrazone groups is 1. The molecule has 9 heteroatoms. The van der Waals surface area contributed by atoms with Crippen molar-refractivity contribution in [3.63, 3.8) is 0 Å². The molecule has 0 saturated heterocycles. The molecule has 0 atom stereocenters. The van der Waals surface area contributed by atoms with E-state index in [9.17, 15) is 4.79 Å². The van der Waals surface area contributed by atoms with E-state index in [4.69, 9.17) is 9.47 Å². The number of imidazole rings is 1. The van der Waals surface area contributed by atoms with Crippen molar-refractivity contribution < 1.29 is 9.47 Å². The van der Waals surface area contributed by atoms with Gasteiger partial charge >= 0.3 is 0 Å². The predicted octanol–water partition coefficient (Wildman–Crippen LogP) is 1.11. The van der Waals surface area contributed by atoms with Crippen molar-refractivity contribution >= 4 is 23.3 Å². The number of ether oxygens (including phenoxy) is 2. The summed E-state index contributed by atoms with van der Waals surface area (Å²) in [6.07, 6.45) is 2.88. The minimum Gasteiger partial charge on any atom is -0.493 e. The molecule has 2 heterocycles. The Labute approximate surface area is 130 Å². The van der Waals surface area contributed by atoms with Gasteiger partial charge in [0.05, 0.1) is 26.8 Å². The van der Waals surface area contributed by atoms with Crippen LogP contribution in [-0.4, -0.2) is 40.4 Å². The fraction of sp³-hybridized carbons (Fsp3) is 0.143. The highest BCUT2D eigenvalue weighted by Gasteiger charge is 2.06. The lowest BCUT2D eigenvalue weighted by molar-refractivity contribution is 0.355. The molecule has 0 unspecified atom stereocenters. The van der Waals surface area contributed by atoms with Crippen molar-refractivity contribution in [1.82, 2.24) is 19.9 Å². The summed E-state index contributed by atoms with van der Waals surface area (Å²) in [6, 6.07) is 5.40. The molecule has 0 aliphatic rings. The maximum Gasteiger partial charge on any atom is 0.276 e. The molecule has 0 spiro atoms. The molecule has 3 N–H and O–H groups in total. The van der Waals surface area contributed by atoms with Gasteiger partial charge in [-0.15, -0.1) is 0 Å². The minimum absolute atomic E-state index is 0.288. The summed E-state index contributed by atoms with van der Waals surface area (Å²) >= 11 is 0. The first-order valence-electron chi connectivity index (χ1n) is 6.66. The summed E-state index contributed by atoms with van der Waals surface area (Å²) in [5, 5.41) is 4.06. The highest BCUT2D eigenvalue weighted by atomic mass is 16.5. The first kappa shape index (κ1) is 14.6. The average molecular weight is 314 g/mol. The Hall–Kier alpha value is -3.36. The summed E-state index contributed by atoms with van der Waals surface area (Å²) < 4.78 is 10.4. The molecule has 23 heavy (non-hydrogen) atoms. The van der Waals surface area contributed by atoms with Gasteiger partial charge in [-0.2, -0.15) is 10.1 Å². The van der Waals surface area contributed by atoms with E-state index in [0.717, 1.165) is 5.56 Å². The van der Waals surface area contributed by atoms with Crippen molar-refractivity contribution in [3.8, 4) is 11.5 Å². The van der Waals surface area contributed by atoms with Crippen molar-refractivity contribution in [2.24, 2.45) is 5.10 Å². The quantitative estimate of drug-likeness (QED) is 0.480. The van der Waals surface area contributed by atoms with Crippen LogP contribution in [-0.2, 0) is 0 Å². The Morgan fingerprint density at radius 1 is 1.26 bits per heavy atom. The molecule has 0 aliphatic carbocycles. The van der Waals surface area contributed by atoms with E-state index < -0.39 is 0 Å². The third kappa shape index (κ3) is 2.98. The van der Waals surface area contributed by atoms with Crippen LogP contribution in [0.5, 0.6) is 11.5 Å². The molecule has 0 aliphatic heterocycles. The van der Waals surface area contributed by atoms with Crippen molar-refractivity contribution in [1.29, 1.82) is 0 Å². The minimum atomic E-state index is -0.292. The SMILES string of the molecule is COc1ccc(/C=N\Nc2nc3nc[nH]c(=O)c3[nH]2)cc1OC. The second-order valence-corrected chi connectivity index (χ2v) is 4.50. The van der Waals surface area contributed by atoms with Gasteiger partial charge in [-0.25, -0.2) is 10.4 Å². The number of benzene rings is 1. The van der Waals surface area contributed by atoms with Gasteiger partial charge in [0.1, 0.15) is 0 Å². The second kappa shape index (κ2) is 6.18. The van der Waals surface area contributed by atoms with Crippen molar-refractivity contribution in [2.75, 3.05) is 19.6 Å². The molecule has 3 aromatic rings. The van der Waals surface area contributed by atoms with E-state index in [0.29, 0.717) is 23.1 Å². The normalized spacial score (nSPS) is 11.0. The van der Waals surface area contributed by atoms with E-state index in [1.165, 1.54) is 6.33 Å². The molecule has 2 aromatic heterocycles. The lowest BCUT2D eigenvalue weighted by Gasteiger charge is -2.07. The van der Waals surface area contributed by atoms with Gasteiger partial charge in [-0.05, 0) is 23.8 Å². The zero-order chi connectivity index (χ0) is 16.2. The number of H-pyrrole nitrogens is 2. The van der Waals surface area contributed by atoms with Crippen LogP contribution in [0.1, 0.15) is 5.56 Å². The van der Waals surface area contributed by atoms with Crippen LogP contribution in [0, 0.1) is 0 Å². The number of methoxy groups -OCH3 is 2. The number of nitrogens with one attached hydrogen (secondary N) is 3. The van der Waals surface area contributed by atoms with Crippen LogP contribution in [0.2, 0.25) is 0 Å². The molecular formula is C14H14N6O3. The highest BCUT2D eigenvalue weighted by Crippen LogP contribution is 2.26. The first-order chi connectivity index (χ1) is 11.2.